The van der Waals surface area contributed by atoms with Gasteiger partial charge in [-0.3, -0.25) is 0 Å². The van der Waals surface area contributed by atoms with E-state index in [0.29, 0.717) is 0 Å². The lowest BCUT2D eigenvalue weighted by atomic mass is 9.70. The minimum absolute atomic E-state index is 0.128. The van der Waals surface area contributed by atoms with Gasteiger partial charge in [-0.25, -0.2) is 4.39 Å². The van der Waals surface area contributed by atoms with Crippen molar-refractivity contribution in [2.24, 2.45) is 23.7 Å². The fourth-order valence-corrected chi connectivity index (χ4v) is 5.16. The molecule has 116 valence electrons. The topological polar surface area (TPSA) is 0 Å². The Morgan fingerprint density at radius 1 is 1.00 bits per heavy atom. The highest BCUT2D eigenvalue weighted by Gasteiger charge is 2.46. The molecule has 2 aliphatic carbocycles. The van der Waals surface area contributed by atoms with Gasteiger partial charge < -0.3 is 0 Å². The van der Waals surface area contributed by atoms with Gasteiger partial charge in [-0.15, -0.1) is 0 Å². The van der Waals surface area contributed by atoms with E-state index >= 15 is 0 Å². The number of halogens is 1. The number of rotatable bonds is 5. The number of benzene rings is 1. The summed E-state index contributed by atoms with van der Waals surface area (Å²) in [5, 5.41) is 0. The second-order valence-electron chi connectivity index (χ2n) is 8.13. The van der Waals surface area contributed by atoms with Crippen LogP contribution in [0.15, 0.2) is 24.3 Å². The Morgan fingerprint density at radius 3 is 2.19 bits per heavy atom. The molecule has 0 aliphatic heterocycles. The first-order chi connectivity index (χ1) is 9.99. The van der Waals surface area contributed by atoms with Crippen LogP contribution in [0.1, 0.15) is 64.9 Å². The van der Waals surface area contributed by atoms with Crippen molar-refractivity contribution in [3.8, 4) is 0 Å². The Morgan fingerprint density at radius 2 is 1.62 bits per heavy atom. The number of hydrogen-bond donors (Lipinski definition) is 0. The second-order valence-corrected chi connectivity index (χ2v) is 8.13. The molecule has 1 aromatic rings. The van der Waals surface area contributed by atoms with Crippen molar-refractivity contribution in [2.75, 3.05) is 0 Å². The Hall–Kier alpha value is -0.850. The third-order valence-corrected chi connectivity index (χ3v) is 6.21. The molecule has 4 unspecified atom stereocenters. The van der Waals surface area contributed by atoms with E-state index in [-0.39, 0.29) is 11.2 Å². The maximum absolute atomic E-state index is 13.1. The Kier molecular flexibility index (Phi) is 4.12. The van der Waals surface area contributed by atoms with E-state index in [1.807, 2.05) is 12.1 Å². The Balaban J connectivity index is 1.64. The van der Waals surface area contributed by atoms with Gasteiger partial charge in [0.15, 0.2) is 0 Å². The van der Waals surface area contributed by atoms with Gasteiger partial charge in [-0.1, -0.05) is 45.7 Å². The molecule has 0 heterocycles. The maximum atomic E-state index is 13.1. The zero-order valence-corrected chi connectivity index (χ0v) is 13.7. The Labute approximate surface area is 129 Å². The summed E-state index contributed by atoms with van der Waals surface area (Å²) in [7, 11) is 0. The fraction of sp³-hybridized carbons (Fsp3) is 0.700. The van der Waals surface area contributed by atoms with Crippen LogP contribution in [-0.4, -0.2) is 0 Å². The Bertz CT molecular complexity index is 473. The standard InChI is InChI=1S/C20H29F/c1-4-5-14-10-16-11-15(14)12-17(16)13-20(2,3)18-6-8-19(21)9-7-18/h6-9,14-17H,4-5,10-13H2,1-3H3. The molecule has 2 aliphatic rings. The molecule has 0 N–H and O–H groups in total. The summed E-state index contributed by atoms with van der Waals surface area (Å²) in [5.41, 5.74) is 1.46. The monoisotopic (exact) mass is 288 g/mol. The van der Waals surface area contributed by atoms with E-state index < -0.39 is 0 Å². The molecule has 0 nitrogen and oxygen atoms in total. The van der Waals surface area contributed by atoms with E-state index in [0.717, 1.165) is 23.7 Å². The molecule has 1 heteroatoms. The first kappa shape index (κ1) is 15.1. The van der Waals surface area contributed by atoms with Gasteiger partial charge in [0.05, 0.1) is 0 Å². The number of hydrogen-bond acceptors (Lipinski definition) is 0. The van der Waals surface area contributed by atoms with Gasteiger partial charge >= 0.3 is 0 Å². The van der Waals surface area contributed by atoms with Crippen LogP contribution in [0, 0.1) is 29.5 Å². The SMILES string of the molecule is CCCC1CC2CC1CC2CC(C)(C)c1ccc(F)cc1. The van der Waals surface area contributed by atoms with Crippen LogP contribution >= 0.6 is 0 Å². The molecule has 0 spiro atoms. The van der Waals surface area contributed by atoms with Crippen molar-refractivity contribution >= 4 is 0 Å². The lowest BCUT2D eigenvalue weighted by Gasteiger charge is -2.34. The molecular weight excluding hydrogens is 259 g/mol. The van der Waals surface area contributed by atoms with Crippen LogP contribution in [0.2, 0.25) is 0 Å². The summed E-state index contributed by atoms with van der Waals surface area (Å²) in [6, 6.07) is 7.16. The van der Waals surface area contributed by atoms with Crippen molar-refractivity contribution in [3.63, 3.8) is 0 Å². The summed E-state index contributed by atoms with van der Waals surface area (Å²) >= 11 is 0. The van der Waals surface area contributed by atoms with Gasteiger partial charge in [-0.05, 0) is 72.5 Å². The molecule has 4 atom stereocenters. The molecule has 0 amide bonds. The molecule has 2 fully saturated rings. The van der Waals surface area contributed by atoms with Crippen LogP contribution in [0.3, 0.4) is 0 Å². The summed E-state index contributed by atoms with van der Waals surface area (Å²) < 4.78 is 13.1. The number of fused-ring (bicyclic) bond motifs is 2. The molecule has 3 rings (SSSR count). The smallest absolute Gasteiger partial charge is 0.123 e. The summed E-state index contributed by atoms with van der Waals surface area (Å²) in [4.78, 5) is 0. The zero-order valence-electron chi connectivity index (χ0n) is 13.7. The van der Waals surface area contributed by atoms with Crippen LogP contribution in [0.25, 0.3) is 0 Å². The molecule has 2 saturated carbocycles. The highest BCUT2D eigenvalue weighted by molar-refractivity contribution is 5.24. The quantitative estimate of drug-likeness (QED) is 0.627. The lowest BCUT2D eigenvalue weighted by molar-refractivity contribution is 0.208. The molecule has 21 heavy (non-hydrogen) atoms. The fourth-order valence-electron chi connectivity index (χ4n) is 5.16. The van der Waals surface area contributed by atoms with E-state index in [4.69, 9.17) is 0 Å². The largest absolute Gasteiger partial charge is 0.207 e. The minimum Gasteiger partial charge on any atom is -0.207 e. The van der Waals surface area contributed by atoms with Gasteiger partial charge in [0.25, 0.3) is 0 Å². The normalized spacial score (nSPS) is 31.8. The van der Waals surface area contributed by atoms with Gasteiger partial charge in [0.2, 0.25) is 0 Å². The molecule has 1 aromatic carbocycles. The van der Waals surface area contributed by atoms with Crippen molar-refractivity contribution in [1.82, 2.24) is 0 Å². The molecule has 2 bridgehead atoms. The average Bonchev–Trinajstić information content (AvgIpc) is 2.99. The molecule has 0 saturated heterocycles. The van der Waals surface area contributed by atoms with E-state index in [1.54, 1.807) is 12.1 Å². The highest BCUT2D eigenvalue weighted by atomic mass is 19.1. The first-order valence-corrected chi connectivity index (χ1v) is 8.75. The highest BCUT2D eigenvalue weighted by Crippen LogP contribution is 2.55. The summed E-state index contributed by atoms with van der Waals surface area (Å²) in [6.07, 6.45) is 8.45. The molecular formula is C20H29F. The predicted molar refractivity (Wildman–Crippen MR) is 86.8 cm³/mol. The van der Waals surface area contributed by atoms with E-state index in [1.165, 1.54) is 44.1 Å². The van der Waals surface area contributed by atoms with Crippen molar-refractivity contribution < 1.29 is 4.39 Å². The van der Waals surface area contributed by atoms with Crippen LogP contribution < -0.4 is 0 Å². The predicted octanol–water partition coefficient (Wildman–Crippen LogP) is 5.96. The minimum atomic E-state index is -0.128. The third kappa shape index (κ3) is 3.03. The third-order valence-electron chi connectivity index (χ3n) is 6.21. The second kappa shape index (κ2) is 5.74. The van der Waals surface area contributed by atoms with E-state index in [9.17, 15) is 4.39 Å². The first-order valence-electron chi connectivity index (χ1n) is 8.75. The maximum Gasteiger partial charge on any atom is 0.123 e. The van der Waals surface area contributed by atoms with Crippen molar-refractivity contribution in [2.45, 2.75) is 64.7 Å². The van der Waals surface area contributed by atoms with Gasteiger partial charge in [-0.2, -0.15) is 0 Å². The van der Waals surface area contributed by atoms with Crippen LogP contribution in [-0.2, 0) is 5.41 Å². The van der Waals surface area contributed by atoms with E-state index in [2.05, 4.69) is 20.8 Å². The summed E-state index contributed by atoms with van der Waals surface area (Å²) in [5.74, 6) is 3.75. The van der Waals surface area contributed by atoms with Crippen molar-refractivity contribution in [3.05, 3.63) is 35.6 Å². The molecule has 0 aromatic heterocycles. The van der Waals surface area contributed by atoms with Crippen molar-refractivity contribution in [1.29, 1.82) is 0 Å². The van der Waals surface area contributed by atoms with Gasteiger partial charge in [0.1, 0.15) is 5.82 Å². The van der Waals surface area contributed by atoms with Crippen LogP contribution in [0.5, 0.6) is 0 Å². The summed E-state index contributed by atoms with van der Waals surface area (Å²) in [6.45, 7) is 6.98. The van der Waals surface area contributed by atoms with Gasteiger partial charge in [0, 0.05) is 0 Å². The lowest BCUT2D eigenvalue weighted by Crippen LogP contribution is -2.26. The average molecular weight is 288 g/mol. The van der Waals surface area contributed by atoms with Crippen LogP contribution in [0.4, 0.5) is 4.39 Å². The zero-order chi connectivity index (χ0) is 15.0. The molecule has 0 radical (unpaired) electrons.